The maximum atomic E-state index is 14.7. The van der Waals surface area contributed by atoms with Gasteiger partial charge in [-0.05, 0) is 37.1 Å². The van der Waals surface area contributed by atoms with Gasteiger partial charge >= 0.3 is 0 Å². The number of nitrogens with two attached hydrogens (primary N) is 2. The molecule has 6 N–H and O–H groups in total. The van der Waals surface area contributed by atoms with Crippen LogP contribution in [0.3, 0.4) is 0 Å². The van der Waals surface area contributed by atoms with Crippen LogP contribution in [0.1, 0.15) is 36.0 Å². The minimum atomic E-state index is -0.784. The second kappa shape index (κ2) is 8.73. The Hall–Kier alpha value is -3.46. The number of nitrogens with one attached hydrogen (secondary N) is 2. The number of carbonyl (C=O) groups excluding carboxylic acids is 1. The third-order valence-corrected chi connectivity index (χ3v) is 5.54. The summed E-state index contributed by atoms with van der Waals surface area (Å²) in [6.07, 6.45) is 5.38. The molecule has 0 aliphatic heterocycles. The van der Waals surface area contributed by atoms with Gasteiger partial charge in [0.2, 0.25) is 0 Å². The van der Waals surface area contributed by atoms with Gasteiger partial charge in [-0.25, -0.2) is 9.37 Å². The molecule has 2 unspecified atom stereocenters. The maximum Gasteiger partial charge on any atom is 0.252 e. The quantitative estimate of drug-likeness (QED) is 0.478. The van der Waals surface area contributed by atoms with Crippen molar-refractivity contribution in [3.63, 3.8) is 0 Å². The average molecular weight is 424 g/mol. The van der Waals surface area contributed by atoms with E-state index < -0.39 is 11.7 Å². The van der Waals surface area contributed by atoms with E-state index in [2.05, 4.69) is 20.6 Å². The first-order chi connectivity index (χ1) is 14.9. The van der Waals surface area contributed by atoms with Crippen molar-refractivity contribution in [1.29, 1.82) is 0 Å². The molecule has 0 bridgehead atoms. The number of ether oxygens (including phenoxy) is 1. The Morgan fingerprint density at radius 3 is 2.74 bits per heavy atom. The summed E-state index contributed by atoms with van der Waals surface area (Å²) in [7, 11) is 1.59. The molecule has 0 saturated heterocycles. The van der Waals surface area contributed by atoms with Gasteiger partial charge in [0.15, 0.2) is 11.6 Å². The van der Waals surface area contributed by atoms with E-state index in [0.717, 1.165) is 42.7 Å². The molecule has 0 radical (unpaired) electrons. The average Bonchev–Trinajstić information content (AvgIpc) is 2.76. The van der Waals surface area contributed by atoms with Gasteiger partial charge < -0.3 is 26.8 Å². The monoisotopic (exact) mass is 424 g/mol. The number of fused-ring (bicyclic) bond motifs is 1. The van der Waals surface area contributed by atoms with E-state index >= 15 is 0 Å². The Morgan fingerprint density at radius 2 is 2.00 bits per heavy atom. The van der Waals surface area contributed by atoms with E-state index in [0.29, 0.717) is 11.4 Å². The fourth-order valence-electron chi connectivity index (χ4n) is 3.82. The lowest BCUT2D eigenvalue weighted by atomic mass is 9.91. The highest BCUT2D eigenvalue weighted by Gasteiger charge is 2.24. The predicted molar refractivity (Wildman–Crippen MR) is 118 cm³/mol. The first-order valence-electron chi connectivity index (χ1n) is 10.2. The van der Waals surface area contributed by atoms with Crippen LogP contribution in [0.15, 0.2) is 36.5 Å². The van der Waals surface area contributed by atoms with Gasteiger partial charge in [-0.3, -0.25) is 9.78 Å². The second-order valence-electron chi connectivity index (χ2n) is 7.69. The number of rotatable bonds is 6. The van der Waals surface area contributed by atoms with Crippen molar-refractivity contribution in [3.05, 3.63) is 47.9 Å². The Kier molecular flexibility index (Phi) is 5.85. The van der Waals surface area contributed by atoms with Crippen LogP contribution < -0.4 is 26.8 Å². The largest absolute Gasteiger partial charge is 0.497 e. The number of carbonyl (C=O) groups is 1. The van der Waals surface area contributed by atoms with Gasteiger partial charge in [0.05, 0.1) is 30.1 Å². The lowest BCUT2D eigenvalue weighted by Gasteiger charge is -2.30. The second-order valence-corrected chi connectivity index (χ2v) is 7.69. The highest BCUT2D eigenvalue weighted by atomic mass is 19.1. The molecule has 4 rings (SSSR count). The van der Waals surface area contributed by atoms with Crippen molar-refractivity contribution < 1.29 is 13.9 Å². The highest BCUT2D eigenvalue weighted by Crippen LogP contribution is 2.28. The van der Waals surface area contributed by atoms with Gasteiger partial charge in [0, 0.05) is 23.5 Å². The fourth-order valence-corrected chi connectivity index (χ4v) is 3.82. The minimum absolute atomic E-state index is 0.0355. The van der Waals surface area contributed by atoms with Gasteiger partial charge in [-0.2, -0.15) is 0 Å². The van der Waals surface area contributed by atoms with Crippen LogP contribution in [0.25, 0.3) is 10.9 Å². The smallest absolute Gasteiger partial charge is 0.252 e. The van der Waals surface area contributed by atoms with Gasteiger partial charge in [-0.15, -0.1) is 0 Å². The zero-order chi connectivity index (χ0) is 22.0. The normalized spacial score (nSPS) is 18.5. The van der Waals surface area contributed by atoms with Crippen molar-refractivity contribution in [2.75, 3.05) is 17.7 Å². The Morgan fingerprint density at radius 1 is 1.19 bits per heavy atom. The van der Waals surface area contributed by atoms with Crippen molar-refractivity contribution in [2.24, 2.45) is 11.5 Å². The molecular weight excluding hydrogens is 399 g/mol. The van der Waals surface area contributed by atoms with Gasteiger partial charge in [-0.1, -0.05) is 12.8 Å². The molecule has 1 amide bonds. The van der Waals surface area contributed by atoms with E-state index in [4.69, 9.17) is 16.2 Å². The van der Waals surface area contributed by atoms with Gasteiger partial charge in [0.1, 0.15) is 11.6 Å². The lowest BCUT2D eigenvalue weighted by Crippen LogP contribution is -2.43. The summed E-state index contributed by atoms with van der Waals surface area (Å²) in [6.45, 7) is 0. The molecule has 1 saturated carbocycles. The van der Waals surface area contributed by atoms with Crippen molar-refractivity contribution in [2.45, 2.75) is 37.8 Å². The number of halogens is 1. The Balaban J connectivity index is 1.65. The third-order valence-electron chi connectivity index (χ3n) is 5.54. The molecule has 1 aliphatic rings. The molecule has 31 heavy (non-hydrogen) atoms. The number of hydrogen-bond acceptors (Lipinski definition) is 7. The van der Waals surface area contributed by atoms with Crippen molar-refractivity contribution in [1.82, 2.24) is 9.97 Å². The number of primary amides is 1. The summed E-state index contributed by atoms with van der Waals surface area (Å²) in [4.78, 5) is 20.6. The minimum Gasteiger partial charge on any atom is -0.497 e. The molecule has 9 heteroatoms. The molecule has 1 fully saturated rings. The van der Waals surface area contributed by atoms with Crippen molar-refractivity contribution in [3.8, 4) is 5.75 Å². The van der Waals surface area contributed by atoms with E-state index in [1.54, 1.807) is 13.3 Å². The maximum absolute atomic E-state index is 14.7. The van der Waals surface area contributed by atoms with Crippen LogP contribution in [0, 0.1) is 5.82 Å². The molecule has 3 aromatic rings. The van der Waals surface area contributed by atoms with Crippen LogP contribution in [0.2, 0.25) is 0 Å². The van der Waals surface area contributed by atoms with Crippen LogP contribution in [0.4, 0.5) is 21.7 Å². The van der Waals surface area contributed by atoms with Gasteiger partial charge in [0.25, 0.3) is 5.91 Å². The summed E-state index contributed by atoms with van der Waals surface area (Å²) >= 11 is 0. The molecular formula is C22H25FN6O2. The summed E-state index contributed by atoms with van der Waals surface area (Å²) in [5, 5.41) is 7.01. The molecule has 8 nitrogen and oxygen atoms in total. The van der Waals surface area contributed by atoms with Crippen LogP contribution in [-0.4, -0.2) is 35.1 Å². The Bertz CT molecular complexity index is 1120. The molecule has 2 aromatic heterocycles. The molecule has 162 valence electrons. The highest BCUT2D eigenvalue weighted by molar-refractivity contribution is 5.99. The third kappa shape index (κ3) is 4.51. The SMILES string of the molecule is COc1ccc2cc(Nc3nc(NC4CCCCC4N)c(F)cc3C(N)=O)cnc2c1. The zero-order valence-electron chi connectivity index (χ0n) is 17.2. The molecule has 1 aliphatic carbocycles. The van der Waals surface area contributed by atoms with Crippen molar-refractivity contribution >= 4 is 34.1 Å². The number of nitrogens with zero attached hydrogens (tertiary/aromatic N) is 2. The summed E-state index contributed by atoms with van der Waals surface area (Å²) < 4.78 is 19.9. The van der Waals surface area contributed by atoms with E-state index in [-0.39, 0.29) is 29.3 Å². The standard InChI is InChI=1S/C22H25FN6O2/c1-31-14-7-6-12-8-13(11-26-19(12)9-14)27-21-15(20(25)30)10-16(23)22(29-21)28-18-5-3-2-4-17(18)24/h6-11,17-18H,2-5,24H2,1H3,(H2,25,30)(H2,27,28,29). The molecule has 0 spiro atoms. The number of methoxy groups -OCH3 is 1. The lowest BCUT2D eigenvalue weighted by molar-refractivity contribution is 0.100. The number of benzene rings is 1. The molecule has 1 aromatic carbocycles. The first-order valence-corrected chi connectivity index (χ1v) is 10.2. The summed E-state index contributed by atoms with van der Waals surface area (Å²) in [5.74, 6) is -0.550. The fraction of sp³-hybridized carbons (Fsp3) is 0.318. The van der Waals surface area contributed by atoms with E-state index in [1.807, 2.05) is 24.3 Å². The number of anilines is 3. The summed E-state index contributed by atoms with van der Waals surface area (Å²) in [6, 6.07) is 8.30. The van der Waals surface area contributed by atoms with Crippen LogP contribution in [0.5, 0.6) is 5.75 Å². The molecule has 2 heterocycles. The van der Waals surface area contributed by atoms with E-state index in [1.165, 1.54) is 0 Å². The summed E-state index contributed by atoms with van der Waals surface area (Å²) in [5.41, 5.74) is 12.9. The number of hydrogen-bond donors (Lipinski definition) is 4. The number of amides is 1. The molecule has 2 atom stereocenters. The topological polar surface area (TPSA) is 128 Å². The first kappa shape index (κ1) is 20.8. The predicted octanol–water partition coefficient (Wildman–Crippen LogP) is 3.30. The zero-order valence-corrected chi connectivity index (χ0v) is 17.2. The Labute approximate surface area is 179 Å². The van der Waals surface area contributed by atoms with E-state index in [9.17, 15) is 9.18 Å². The number of pyridine rings is 2. The number of aromatic nitrogens is 2. The van der Waals surface area contributed by atoms with Crippen LogP contribution in [-0.2, 0) is 0 Å². The van der Waals surface area contributed by atoms with Crippen LogP contribution >= 0.6 is 0 Å².